The number of rotatable bonds is 4. The molecule has 0 amide bonds. The molecule has 0 fully saturated rings. The van der Waals surface area contributed by atoms with E-state index in [4.69, 9.17) is 18.0 Å². The molecule has 2 nitrogen and oxygen atoms in total. The minimum atomic E-state index is -0.475. The Kier molecular flexibility index (Phi) is 4.06. The minimum absolute atomic E-state index is 0.0140. The summed E-state index contributed by atoms with van der Waals surface area (Å²) in [5, 5.41) is 3.00. The van der Waals surface area contributed by atoms with E-state index in [-0.39, 0.29) is 16.4 Å². The summed E-state index contributed by atoms with van der Waals surface area (Å²) < 4.78 is 26.7. The van der Waals surface area contributed by atoms with Gasteiger partial charge in [0.05, 0.1) is 5.56 Å². The van der Waals surface area contributed by atoms with Crippen LogP contribution < -0.4 is 11.1 Å². The van der Waals surface area contributed by atoms with Crippen LogP contribution in [-0.2, 0) is 6.54 Å². The highest BCUT2D eigenvalue weighted by molar-refractivity contribution is 7.80. The largest absolute Gasteiger partial charge is 0.389 e. The van der Waals surface area contributed by atoms with Crippen LogP contribution in [0, 0.1) is 11.6 Å². The molecule has 3 N–H and O–H groups in total. The SMILES string of the molecule is NC(=S)c1c(F)cccc1NCc1cccc(F)c1. The molecule has 5 heteroatoms. The van der Waals surface area contributed by atoms with Crippen LogP contribution in [0.1, 0.15) is 11.1 Å². The third-order valence-corrected chi connectivity index (χ3v) is 2.84. The molecule has 0 aliphatic heterocycles. The maximum absolute atomic E-state index is 13.6. The smallest absolute Gasteiger partial charge is 0.135 e. The summed E-state index contributed by atoms with van der Waals surface area (Å²) in [5.41, 5.74) is 6.92. The highest BCUT2D eigenvalue weighted by Crippen LogP contribution is 2.19. The van der Waals surface area contributed by atoms with Crippen LogP contribution in [0.5, 0.6) is 0 Å². The van der Waals surface area contributed by atoms with Crippen LogP contribution in [0.4, 0.5) is 14.5 Å². The molecule has 2 aromatic carbocycles. The van der Waals surface area contributed by atoms with Crippen molar-refractivity contribution in [2.45, 2.75) is 6.54 Å². The molecule has 0 aliphatic carbocycles. The number of thiocarbonyl (C=S) groups is 1. The van der Waals surface area contributed by atoms with Crippen molar-refractivity contribution < 1.29 is 8.78 Å². The first-order valence-corrected chi connectivity index (χ1v) is 6.05. The second kappa shape index (κ2) is 5.75. The monoisotopic (exact) mass is 278 g/mol. The van der Waals surface area contributed by atoms with Crippen molar-refractivity contribution in [1.29, 1.82) is 0 Å². The quantitative estimate of drug-likeness (QED) is 0.843. The highest BCUT2D eigenvalue weighted by atomic mass is 32.1. The number of nitrogens with one attached hydrogen (secondary N) is 1. The molecule has 0 spiro atoms. The summed E-state index contributed by atoms with van der Waals surface area (Å²) >= 11 is 4.83. The molecule has 0 aliphatic rings. The molecule has 0 radical (unpaired) electrons. The van der Waals surface area contributed by atoms with E-state index in [1.807, 2.05) is 0 Å². The van der Waals surface area contributed by atoms with Crippen molar-refractivity contribution >= 4 is 22.9 Å². The van der Waals surface area contributed by atoms with Crippen molar-refractivity contribution in [3.8, 4) is 0 Å². The van der Waals surface area contributed by atoms with E-state index in [0.29, 0.717) is 12.2 Å². The van der Waals surface area contributed by atoms with E-state index in [2.05, 4.69) is 5.32 Å². The molecular weight excluding hydrogens is 266 g/mol. The molecular formula is C14H12F2N2S. The Morgan fingerprint density at radius 3 is 2.58 bits per heavy atom. The lowest BCUT2D eigenvalue weighted by atomic mass is 10.1. The van der Waals surface area contributed by atoms with Gasteiger partial charge in [0.1, 0.15) is 16.6 Å². The first kappa shape index (κ1) is 13.4. The Balaban J connectivity index is 2.20. The number of anilines is 1. The van der Waals surface area contributed by atoms with Gasteiger partial charge in [-0.15, -0.1) is 0 Å². The van der Waals surface area contributed by atoms with Crippen LogP contribution in [0.25, 0.3) is 0 Å². The maximum Gasteiger partial charge on any atom is 0.135 e. The van der Waals surface area contributed by atoms with Gasteiger partial charge in [0.15, 0.2) is 0 Å². The molecule has 0 atom stereocenters. The Bertz CT molecular complexity index is 614. The van der Waals surface area contributed by atoms with Crippen molar-refractivity contribution in [2.75, 3.05) is 5.32 Å². The van der Waals surface area contributed by atoms with E-state index >= 15 is 0 Å². The Hall–Kier alpha value is -2.01. The van der Waals surface area contributed by atoms with Gasteiger partial charge in [0.25, 0.3) is 0 Å². The van der Waals surface area contributed by atoms with E-state index in [1.54, 1.807) is 24.3 Å². The van der Waals surface area contributed by atoms with Gasteiger partial charge in [-0.3, -0.25) is 0 Å². The van der Waals surface area contributed by atoms with Gasteiger partial charge in [-0.1, -0.05) is 30.4 Å². The van der Waals surface area contributed by atoms with Crippen LogP contribution in [0.3, 0.4) is 0 Å². The van der Waals surface area contributed by atoms with Crippen LogP contribution in [-0.4, -0.2) is 4.99 Å². The summed E-state index contributed by atoms with van der Waals surface area (Å²) in [6.45, 7) is 0.358. The van der Waals surface area contributed by atoms with E-state index in [1.165, 1.54) is 18.2 Å². The number of hydrogen-bond acceptors (Lipinski definition) is 2. The summed E-state index contributed by atoms with van der Waals surface area (Å²) in [6.07, 6.45) is 0. The molecule has 0 saturated carbocycles. The predicted octanol–water partition coefficient (Wildman–Crippen LogP) is 3.21. The Morgan fingerprint density at radius 1 is 1.16 bits per heavy atom. The lowest BCUT2D eigenvalue weighted by Crippen LogP contribution is -2.15. The number of benzene rings is 2. The summed E-state index contributed by atoms with van der Waals surface area (Å²) in [4.78, 5) is -0.0140. The van der Waals surface area contributed by atoms with Crippen molar-refractivity contribution in [3.05, 3.63) is 65.2 Å². The molecule has 0 aromatic heterocycles. The predicted molar refractivity (Wildman–Crippen MR) is 76.0 cm³/mol. The van der Waals surface area contributed by atoms with E-state index in [9.17, 15) is 8.78 Å². The fourth-order valence-corrected chi connectivity index (χ4v) is 1.97. The van der Waals surface area contributed by atoms with Gasteiger partial charge in [-0.05, 0) is 29.8 Å². The molecule has 19 heavy (non-hydrogen) atoms. The van der Waals surface area contributed by atoms with Gasteiger partial charge in [-0.25, -0.2) is 8.78 Å². The van der Waals surface area contributed by atoms with Gasteiger partial charge < -0.3 is 11.1 Å². The molecule has 0 unspecified atom stereocenters. The van der Waals surface area contributed by atoms with E-state index < -0.39 is 5.82 Å². The van der Waals surface area contributed by atoms with Gasteiger partial charge in [-0.2, -0.15) is 0 Å². The molecule has 98 valence electrons. The molecule has 2 rings (SSSR count). The number of hydrogen-bond donors (Lipinski definition) is 2. The standard InChI is InChI=1S/C14H12F2N2S/c15-10-4-1-3-9(7-10)8-18-12-6-2-5-11(16)13(12)14(17)19/h1-7,18H,8H2,(H2,17,19). The zero-order valence-corrected chi connectivity index (χ0v) is 10.8. The molecule has 0 heterocycles. The van der Waals surface area contributed by atoms with Crippen molar-refractivity contribution in [2.24, 2.45) is 5.73 Å². The van der Waals surface area contributed by atoms with Crippen LogP contribution in [0.2, 0.25) is 0 Å². The lowest BCUT2D eigenvalue weighted by Gasteiger charge is -2.12. The Morgan fingerprint density at radius 2 is 1.89 bits per heavy atom. The second-order valence-corrected chi connectivity index (χ2v) is 4.45. The third-order valence-electron chi connectivity index (χ3n) is 2.63. The maximum atomic E-state index is 13.6. The molecule has 0 bridgehead atoms. The first-order valence-electron chi connectivity index (χ1n) is 5.64. The Labute approximate surface area is 115 Å². The van der Waals surface area contributed by atoms with Crippen LogP contribution >= 0.6 is 12.2 Å². The number of nitrogens with two attached hydrogens (primary N) is 1. The summed E-state index contributed by atoms with van der Waals surface area (Å²) in [6, 6.07) is 10.7. The fourth-order valence-electron chi connectivity index (χ4n) is 1.77. The zero-order valence-electron chi connectivity index (χ0n) is 9.99. The summed E-state index contributed by atoms with van der Waals surface area (Å²) in [5.74, 6) is -0.787. The van der Waals surface area contributed by atoms with Gasteiger partial charge >= 0.3 is 0 Å². The van der Waals surface area contributed by atoms with Gasteiger partial charge in [0.2, 0.25) is 0 Å². The summed E-state index contributed by atoms with van der Waals surface area (Å²) in [7, 11) is 0. The average molecular weight is 278 g/mol. The minimum Gasteiger partial charge on any atom is -0.389 e. The van der Waals surface area contributed by atoms with Crippen LogP contribution in [0.15, 0.2) is 42.5 Å². The fraction of sp³-hybridized carbons (Fsp3) is 0.0714. The zero-order chi connectivity index (χ0) is 13.8. The van der Waals surface area contributed by atoms with Crippen molar-refractivity contribution in [1.82, 2.24) is 0 Å². The normalized spacial score (nSPS) is 10.2. The lowest BCUT2D eigenvalue weighted by molar-refractivity contribution is 0.624. The molecule has 0 saturated heterocycles. The molecule has 2 aromatic rings. The first-order chi connectivity index (χ1) is 9.08. The number of halogens is 2. The van der Waals surface area contributed by atoms with Crippen molar-refractivity contribution in [3.63, 3.8) is 0 Å². The van der Waals surface area contributed by atoms with Gasteiger partial charge in [0, 0.05) is 12.2 Å². The highest BCUT2D eigenvalue weighted by Gasteiger charge is 2.10. The third kappa shape index (κ3) is 3.26. The average Bonchev–Trinajstić information content (AvgIpc) is 2.36. The van der Waals surface area contributed by atoms with E-state index in [0.717, 1.165) is 5.56 Å². The second-order valence-electron chi connectivity index (χ2n) is 4.01. The topological polar surface area (TPSA) is 38.0 Å².